The lowest BCUT2D eigenvalue weighted by Crippen LogP contribution is -2.57. The lowest BCUT2D eigenvalue weighted by Gasteiger charge is -2.28. The Morgan fingerprint density at radius 3 is 2.24 bits per heavy atom. The van der Waals surface area contributed by atoms with E-state index in [1.165, 1.54) is 29.2 Å². The molecule has 1 fully saturated rings. The summed E-state index contributed by atoms with van der Waals surface area (Å²) in [5.74, 6) is -5.84. The van der Waals surface area contributed by atoms with E-state index in [2.05, 4.69) is 10.6 Å². The number of hydrogen-bond donors (Lipinski definition) is 7. The van der Waals surface area contributed by atoms with E-state index in [1.807, 2.05) is 0 Å². The number of phenolic OH excluding ortho intramolecular Hbond substituents is 1. The molecule has 1 heterocycles. The number of carboxylic acids is 2. The number of carbonyl (C=O) groups excluding carboxylic acids is 4. The second-order valence-corrected chi connectivity index (χ2v) is 8.73. The van der Waals surface area contributed by atoms with E-state index < -0.39 is 66.2 Å². The molecule has 4 unspecified atom stereocenters. The van der Waals surface area contributed by atoms with Gasteiger partial charge in [-0.2, -0.15) is 0 Å². The maximum Gasteiger partial charge on any atom is 0.326 e. The molecule has 1 aromatic carbocycles. The van der Waals surface area contributed by atoms with E-state index in [1.54, 1.807) is 0 Å². The Morgan fingerprint density at radius 1 is 1.03 bits per heavy atom. The van der Waals surface area contributed by atoms with E-state index in [0.717, 1.165) is 0 Å². The first-order valence-corrected chi connectivity index (χ1v) is 11.6. The van der Waals surface area contributed by atoms with Crippen molar-refractivity contribution in [3.05, 3.63) is 29.8 Å². The van der Waals surface area contributed by atoms with Gasteiger partial charge in [-0.25, -0.2) is 4.79 Å². The van der Waals surface area contributed by atoms with E-state index in [0.29, 0.717) is 12.0 Å². The van der Waals surface area contributed by atoms with Crippen LogP contribution >= 0.6 is 0 Å². The molecule has 1 aliphatic rings. The topological polar surface area (TPSA) is 242 Å². The Morgan fingerprint density at radius 2 is 1.68 bits per heavy atom. The number of nitrogens with two attached hydrogens (primary N) is 2. The van der Waals surface area contributed by atoms with Crippen molar-refractivity contribution in [1.82, 2.24) is 15.5 Å². The van der Waals surface area contributed by atoms with Gasteiger partial charge in [0.05, 0.1) is 12.5 Å². The van der Waals surface area contributed by atoms with Crippen LogP contribution in [0.15, 0.2) is 24.3 Å². The quantitative estimate of drug-likeness (QED) is 0.151. The van der Waals surface area contributed by atoms with Crippen molar-refractivity contribution in [2.75, 3.05) is 6.54 Å². The van der Waals surface area contributed by atoms with Crippen LogP contribution in [0.3, 0.4) is 0 Å². The Kier molecular flexibility index (Phi) is 10.4. The summed E-state index contributed by atoms with van der Waals surface area (Å²) in [5.41, 5.74) is 11.5. The Labute approximate surface area is 212 Å². The summed E-state index contributed by atoms with van der Waals surface area (Å²) in [6.07, 6.45) is -0.324. The fraction of sp³-hybridized carbons (Fsp3) is 0.478. The van der Waals surface area contributed by atoms with Crippen molar-refractivity contribution in [3.63, 3.8) is 0 Å². The third-order valence-corrected chi connectivity index (χ3v) is 5.86. The van der Waals surface area contributed by atoms with Gasteiger partial charge in [0.2, 0.25) is 23.6 Å². The SMILES string of the molecule is NC(=O)CCC(N)C(=O)N1CCCC1C(=O)NC(Cc1ccc(O)cc1)C(=O)NC(CC(=O)O)C(=O)O. The number of primary amides is 1. The van der Waals surface area contributed by atoms with E-state index in [-0.39, 0.29) is 38.0 Å². The van der Waals surface area contributed by atoms with Crippen molar-refractivity contribution in [1.29, 1.82) is 0 Å². The van der Waals surface area contributed by atoms with Gasteiger partial charge in [-0.3, -0.25) is 24.0 Å². The molecule has 0 radical (unpaired) electrons. The molecule has 202 valence electrons. The predicted molar refractivity (Wildman–Crippen MR) is 127 cm³/mol. The monoisotopic (exact) mass is 521 g/mol. The number of likely N-dealkylation sites (tertiary alicyclic amines) is 1. The zero-order valence-electron chi connectivity index (χ0n) is 20.0. The van der Waals surface area contributed by atoms with Crippen molar-refractivity contribution >= 4 is 35.6 Å². The Bertz CT molecular complexity index is 1030. The number of nitrogens with zero attached hydrogens (tertiary/aromatic N) is 1. The molecule has 0 bridgehead atoms. The highest BCUT2D eigenvalue weighted by molar-refractivity contribution is 5.95. The van der Waals surface area contributed by atoms with Crippen LogP contribution in [-0.2, 0) is 35.2 Å². The van der Waals surface area contributed by atoms with Gasteiger partial charge in [-0.15, -0.1) is 0 Å². The summed E-state index contributed by atoms with van der Waals surface area (Å²) in [6, 6.07) is 0.642. The molecule has 1 saturated heterocycles. The normalized spacial score (nSPS) is 17.3. The number of aliphatic carboxylic acids is 2. The van der Waals surface area contributed by atoms with Gasteiger partial charge in [-0.1, -0.05) is 12.1 Å². The molecule has 0 spiro atoms. The van der Waals surface area contributed by atoms with Gasteiger partial charge in [-0.05, 0) is 37.0 Å². The molecule has 14 heteroatoms. The molecule has 9 N–H and O–H groups in total. The minimum atomic E-state index is -1.74. The van der Waals surface area contributed by atoms with Gasteiger partial charge < -0.3 is 42.3 Å². The van der Waals surface area contributed by atoms with Crippen LogP contribution in [0.2, 0.25) is 0 Å². The number of carbonyl (C=O) groups is 6. The van der Waals surface area contributed by atoms with Gasteiger partial charge in [0, 0.05) is 19.4 Å². The summed E-state index contributed by atoms with van der Waals surface area (Å²) >= 11 is 0. The molecule has 14 nitrogen and oxygen atoms in total. The summed E-state index contributed by atoms with van der Waals surface area (Å²) in [4.78, 5) is 73.6. The van der Waals surface area contributed by atoms with Crippen LogP contribution in [0.25, 0.3) is 0 Å². The first-order chi connectivity index (χ1) is 17.4. The third-order valence-electron chi connectivity index (χ3n) is 5.86. The zero-order chi connectivity index (χ0) is 27.7. The van der Waals surface area contributed by atoms with Crippen LogP contribution in [0.1, 0.15) is 37.7 Å². The molecule has 1 aromatic rings. The summed E-state index contributed by atoms with van der Waals surface area (Å²) < 4.78 is 0. The van der Waals surface area contributed by atoms with Crippen molar-refractivity contribution in [2.24, 2.45) is 11.5 Å². The fourth-order valence-corrected chi connectivity index (χ4v) is 3.93. The van der Waals surface area contributed by atoms with Gasteiger partial charge in [0.15, 0.2) is 0 Å². The van der Waals surface area contributed by atoms with Crippen molar-refractivity contribution in [3.8, 4) is 5.75 Å². The second kappa shape index (κ2) is 13.2. The molecule has 0 aromatic heterocycles. The van der Waals surface area contributed by atoms with Crippen LogP contribution in [0, 0.1) is 0 Å². The zero-order valence-corrected chi connectivity index (χ0v) is 20.0. The Balaban J connectivity index is 2.20. The highest BCUT2D eigenvalue weighted by atomic mass is 16.4. The Hall–Kier alpha value is -4.20. The molecule has 37 heavy (non-hydrogen) atoms. The number of rotatable bonds is 13. The van der Waals surface area contributed by atoms with Gasteiger partial charge in [0.1, 0.15) is 23.9 Å². The predicted octanol–water partition coefficient (Wildman–Crippen LogP) is -1.95. The molecule has 4 amide bonds. The highest BCUT2D eigenvalue weighted by Gasteiger charge is 2.38. The maximum absolute atomic E-state index is 13.2. The fourth-order valence-electron chi connectivity index (χ4n) is 3.93. The highest BCUT2D eigenvalue weighted by Crippen LogP contribution is 2.20. The van der Waals surface area contributed by atoms with Crippen LogP contribution in [-0.4, -0.2) is 86.5 Å². The molecule has 4 atom stereocenters. The van der Waals surface area contributed by atoms with Crippen LogP contribution in [0.4, 0.5) is 0 Å². The number of phenols is 1. The lowest BCUT2D eigenvalue weighted by atomic mass is 10.0. The lowest BCUT2D eigenvalue weighted by molar-refractivity contribution is -0.147. The second-order valence-electron chi connectivity index (χ2n) is 8.73. The molecule has 2 rings (SSSR count). The smallest absolute Gasteiger partial charge is 0.326 e. The molecule has 1 aliphatic heterocycles. The first kappa shape index (κ1) is 29.0. The van der Waals surface area contributed by atoms with Gasteiger partial charge in [0.25, 0.3) is 0 Å². The summed E-state index contributed by atoms with van der Waals surface area (Å²) in [5, 5.41) is 32.4. The van der Waals surface area contributed by atoms with Crippen LogP contribution < -0.4 is 22.1 Å². The number of amides is 4. The molecular weight excluding hydrogens is 490 g/mol. The average molecular weight is 522 g/mol. The molecule has 0 saturated carbocycles. The standard InChI is InChI=1S/C23H31N5O9/c24-14(7-8-18(25)30)22(35)28-9-1-2-17(28)21(34)26-15(10-12-3-5-13(29)6-4-12)20(33)27-16(23(36)37)11-19(31)32/h3-6,14-17,29H,1-2,7-11,24H2,(H2,25,30)(H,26,34)(H,27,33)(H,31,32)(H,36,37). The third kappa shape index (κ3) is 8.75. The number of benzene rings is 1. The number of nitrogens with one attached hydrogen (secondary N) is 2. The molecular formula is C23H31N5O9. The number of carboxylic acid groups (broad SMARTS) is 2. The number of hydrogen-bond acceptors (Lipinski definition) is 8. The van der Waals surface area contributed by atoms with E-state index in [9.17, 15) is 39.0 Å². The van der Waals surface area contributed by atoms with E-state index >= 15 is 0 Å². The number of aromatic hydroxyl groups is 1. The average Bonchev–Trinajstić information content (AvgIpc) is 3.32. The van der Waals surface area contributed by atoms with Crippen molar-refractivity contribution < 1.29 is 44.1 Å². The minimum Gasteiger partial charge on any atom is -0.508 e. The first-order valence-electron chi connectivity index (χ1n) is 11.6. The summed E-state index contributed by atoms with van der Waals surface area (Å²) in [7, 11) is 0. The van der Waals surface area contributed by atoms with Crippen molar-refractivity contribution in [2.45, 2.75) is 62.7 Å². The molecule has 0 aliphatic carbocycles. The van der Waals surface area contributed by atoms with Crippen LogP contribution in [0.5, 0.6) is 5.75 Å². The summed E-state index contributed by atoms with van der Waals surface area (Å²) in [6.45, 7) is 0.232. The van der Waals surface area contributed by atoms with E-state index in [4.69, 9.17) is 16.6 Å². The largest absolute Gasteiger partial charge is 0.508 e. The maximum atomic E-state index is 13.2. The minimum absolute atomic E-state index is 0.00500. The van der Waals surface area contributed by atoms with Gasteiger partial charge >= 0.3 is 11.9 Å².